The Morgan fingerprint density at radius 2 is 1.71 bits per heavy atom. The zero-order valence-corrected chi connectivity index (χ0v) is 15.2. The van der Waals surface area contributed by atoms with Crippen LogP contribution in [0.2, 0.25) is 5.02 Å². The largest absolute Gasteiger partial charge is 0.375 e. The van der Waals surface area contributed by atoms with Crippen LogP contribution >= 0.6 is 11.6 Å². The number of benzene rings is 1. The lowest BCUT2D eigenvalue weighted by Crippen LogP contribution is -2.35. The van der Waals surface area contributed by atoms with Gasteiger partial charge in [0.25, 0.3) is 0 Å². The molecule has 130 valence electrons. The molecule has 0 heterocycles. The van der Waals surface area contributed by atoms with Gasteiger partial charge in [-0.15, -0.1) is 0 Å². The Kier molecular flexibility index (Phi) is 5.15. The van der Waals surface area contributed by atoms with Gasteiger partial charge in [0, 0.05) is 38.8 Å². The van der Waals surface area contributed by atoms with E-state index in [0.29, 0.717) is 6.42 Å². The molecule has 2 rings (SSSR count). The van der Waals surface area contributed by atoms with Gasteiger partial charge in [-0.05, 0) is 18.6 Å². The highest BCUT2D eigenvalue weighted by molar-refractivity contribution is 7.90. The van der Waals surface area contributed by atoms with Crippen LogP contribution in [0, 0.1) is 5.92 Å². The van der Waals surface area contributed by atoms with Gasteiger partial charge in [-0.25, -0.2) is 8.42 Å². The van der Waals surface area contributed by atoms with Crippen LogP contribution in [0.4, 0.5) is 5.69 Å². The van der Waals surface area contributed by atoms with Crippen LogP contribution in [-0.2, 0) is 19.4 Å². The lowest BCUT2D eigenvalue weighted by atomic mass is 9.81. The summed E-state index contributed by atoms with van der Waals surface area (Å²) in [5.74, 6) is -2.83. The molecule has 0 aromatic heterocycles. The number of nitrogens with zero attached hydrogens (tertiary/aromatic N) is 1. The fourth-order valence-corrected chi connectivity index (χ4v) is 4.24. The number of Topliss-reactive ketones (excluding diaryl/α,β-unsaturated/α-hetero) is 3. The summed E-state index contributed by atoms with van der Waals surface area (Å²) in [6.45, 7) is 0. The van der Waals surface area contributed by atoms with Gasteiger partial charge in [0.1, 0.15) is 5.92 Å². The molecule has 0 atom stereocenters. The minimum Gasteiger partial charge on any atom is -0.375 e. The number of carbonyl (C=O) groups is 3. The predicted molar refractivity (Wildman–Crippen MR) is 90.6 cm³/mol. The molecule has 0 amide bonds. The molecule has 1 fully saturated rings. The zero-order valence-electron chi connectivity index (χ0n) is 13.6. The van der Waals surface area contributed by atoms with Gasteiger partial charge >= 0.3 is 0 Å². The first-order valence-electron chi connectivity index (χ1n) is 7.35. The summed E-state index contributed by atoms with van der Waals surface area (Å²) in [6.07, 6.45) is 1.86. The van der Waals surface area contributed by atoms with Gasteiger partial charge in [-0.2, -0.15) is 0 Å². The Balaban J connectivity index is 2.60. The molecule has 1 aromatic carbocycles. The van der Waals surface area contributed by atoms with Gasteiger partial charge in [-0.3, -0.25) is 14.4 Å². The first-order valence-corrected chi connectivity index (χ1v) is 9.62. The first-order chi connectivity index (χ1) is 11.1. The Morgan fingerprint density at radius 1 is 1.17 bits per heavy atom. The molecule has 0 spiro atoms. The van der Waals surface area contributed by atoms with Gasteiger partial charge in [0.05, 0.1) is 15.6 Å². The average molecular weight is 372 g/mol. The third-order valence-corrected chi connectivity index (χ3v) is 5.45. The molecule has 0 bridgehead atoms. The van der Waals surface area contributed by atoms with Crippen LogP contribution in [0.3, 0.4) is 0 Å². The lowest BCUT2D eigenvalue weighted by Gasteiger charge is -2.22. The van der Waals surface area contributed by atoms with Gasteiger partial charge in [0.15, 0.2) is 27.2 Å². The maximum atomic E-state index is 12.7. The van der Waals surface area contributed by atoms with E-state index in [1.54, 1.807) is 14.1 Å². The Labute approximate surface area is 145 Å². The third kappa shape index (κ3) is 3.37. The van der Waals surface area contributed by atoms with Crippen molar-refractivity contribution in [2.45, 2.75) is 24.2 Å². The van der Waals surface area contributed by atoms with E-state index in [-0.39, 0.29) is 34.0 Å². The molecule has 8 heteroatoms. The number of anilines is 1. The molecular formula is C16H18ClNO5S. The Hall–Kier alpha value is -1.73. The summed E-state index contributed by atoms with van der Waals surface area (Å²) in [4.78, 5) is 38.1. The minimum atomic E-state index is -3.56. The van der Waals surface area contributed by atoms with Crippen molar-refractivity contribution in [3.63, 3.8) is 0 Å². The third-order valence-electron chi connectivity index (χ3n) is 3.94. The number of carbonyl (C=O) groups excluding carboxylic acids is 3. The van der Waals surface area contributed by atoms with Crippen molar-refractivity contribution in [3.8, 4) is 0 Å². The maximum absolute atomic E-state index is 12.7. The van der Waals surface area contributed by atoms with Gasteiger partial charge < -0.3 is 4.90 Å². The Bertz CT molecular complexity index is 813. The van der Waals surface area contributed by atoms with E-state index in [4.69, 9.17) is 11.6 Å². The van der Waals surface area contributed by atoms with Crippen LogP contribution in [0.25, 0.3) is 0 Å². The second-order valence-corrected chi connectivity index (χ2v) is 8.39. The topological polar surface area (TPSA) is 88.6 Å². The quantitative estimate of drug-likeness (QED) is 0.593. The molecule has 24 heavy (non-hydrogen) atoms. The highest BCUT2D eigenvalue weighted by atomic mass is 35.5. The van der Waals surface area contributed by atoms with E-state index in [0.717, 1.165) is 6.26 Å². The monoisotopic (exact) mass is 371 g/mol. The molecule has 0 aliphatic heterocycles. The fraction of sp³-hybridized carbons (Fsp3) is 0.438. The maximum Gasteiger partial charge on any atom is 0.182 e. The van der Waals surface area contributed by atoms with Gasteiger partial charge in [0.2, 0.25) is 0 Å². The summed E-state index contributed by atoms with van der Waals surface area (Å²) >= 11 is 6.27. The van der Waals surface area contributed by atoms with Crippen molar-refractivity contribution in [2.75, 3.05) is 25.3 Å². The normalized spacial score (nSPS) is 16.3. The van der Waals surface area contributed by atoms with Crippen molar-refractivity contribution in [1.82, 2.24) is 0 Å². The molecule has 0 N–H and O–H groups in total. The summed E-state index contributed by atoms with van der Waals surface area (Å²) in [5, 5.41) is -0.0703. The smallest absolute Gasteiger partial charge is 0.182 e. The van der Waals surface area contributed by atoms with E-state index >= 15 is 0 Å². The summed E-state index contributed by atoms with van der Waals surface area (Å²) in [5.41, 5.74) is 0.155. The average Bonchev–Trinajstić information content (AvgIpc) is 2.45. The number of sulfone groups is 1. The van der Waals surface area contributed by atoms with Crippen molar-refractivity contribution < 1.29 is 22.8 Å². The minimum absolute atomic E-state index is 0.0126. The Morgan fingerprint density at radius 3 is 2.17 bits per heavy atom. The molecule has 1 saturated carbocycles. The van der Waals surface area contributed by atoms with Crippen LogP contribution < -0.4 is 4.90 Å². The molecule has 0 saturated heterocycles. The van der Waals surface area contributed by atoms with Crippen LogP contribution in [0.1, 0.15) is 29.6 Å². The standard InChI is InChI=1S/C16H18ClNO5S/c1-18(2)15-12(24(3,22)23)8-7-9(14(15)17)16(21)13-10(19)5-4-6-11(13)20/h7-8,13H,4-6H2,1-3H3. The zero-order chi connectivity index (χ0) is 18.2. The molecule has 0 unspecified atom stereocenters. The summed E-state index contributed by atoms with van der Waals surface area (Å²) in [7, 11) is -0.365. The van der Waals surface area contributed by atoms with E-state index in [1.165, 1.54) is 17.0 Å². The van der Waals surface area contributed by atoms with Crippen LogP contribution in [0.5, 0.6) is 0 Å². The second-order valence-electron chi connectivity index (χ2n) is 6.02. The highest BCUT2D eigenvalue weighted by Gasteiger charge is 2.38. The fourth-order valence-electron chi connectivity index (χ4n) is 2.81. The van der Waals surface area contributed by atoms with Crippen molar-refractivity contribution in [3.05, 3.63) is 22.7 Å². The van der Waals surface area contributed by atoms with Crippen LogP contribution in [-0.4, -0.2) is 46.1 Å². The number of hydrogen-bond donors (Lipinski definition) is 0. The number of hydrogen-bond acceptors (Lipinski definition) is 6. The van der Waals surface area contributed by atoms with Crippen molar-refractivity contribution in [1.29, 1.82) is 0 Å². The summed E-state index contributed by atoms with van der Waals surface area (Å²) < 4.78 is 23.8. The molecule has 1 aromatic rings. The number of ketones is 3. The van der Waals surface area contributed by atoms with E-state index in [1.807, 2.05) is 0 Å². The van der Waals surface area contributed by atoms with E-state index in [9.17, 15) is 22.8 Å². The van der Waals surface area contributed by atoms with Gasteiger partial charge in [-0.1, -0.05) is 11.6 Å². The van der Waals surface area contributed by atoms with E-state index < -0.39 is 33.1 Å². The van der Waals surface area contributed by atoms with Crippen LogP contribution in [0.15, 0.2) is 17.0 Å². The lowest BCUT2D eigenvalue weighted by molar-refractivity contribution is -0.133. The van der Waals surface area contributed by atoms with Crippen molar-refractivity contribution in [2.24, 2.45) is 5.92 Å². The molecule has 6 nitrogen and oxygen atoms in total. The van der Waals surface area contributed by atoms with Crippen molar-refractivity contribution >= 4 is 44.5 Å². The molecule has 1 aliphatic rings. The van der Waals surface area contributed by atoms with E-state index in [2.05, 4.69) is 0 Å². The second kappa shape index (κ2) is 6.64. The molecule has 0 radical (unpaired) electrons. The predicted octanol–water partition coefficient (Wildman–Crippen LogP) is 1.93. The molecular weight excluding hydrogens is 354 g/mol. The number of halogens is 1. The summed E-state index contributed by atoms with van der Waals surface area (Å²) in [6, 6.07) is 2.55. The molecule has 1 aliphatic carbocycles. The first kappa shape index (κ1) is 18.6. The number of rotatable bonds is 4. The SMILES string of the molecule is CN(C)c1c(S(C)(=O)=O)ccc(C(=O)C2C(=O)CCCC2=O)c1Cl. The highest BCUT2D eigenvalue weighted by Crippen LogP contribution is 2.36.